The van der Waals surface area contributed by atoms with E-state index in [0.29, 0.717) is 19.3 Å². The highest BCUT2D eigenvalue weighted by Crippen LogP contribution is 2.15. The Balaban J connectivity index is 4.32. The normalized spacial score (nSPS) is 12.8. The van der Waals surface area contributed by atoms with Crippen LogP contribution >= 0.6 is 0 Å². The molecular weight excluding hydrogens is 901 g/mol. The van der Waals surface area contributed by atoms with E-state index in [1.54, 1.807) is 0 Å². The number of hydrogen-bond donors (Lipinski definition) is 0. The molecule has 0 aliphatic heterocycles. The van der Waals surface area contributed by atoms with Gasteiger partial charge in [-0.3, -0.25) is 14.4 Å². The summed E-state index contributed by atoms with van der Waals surface area (Å²) < 4.78 is 16.9. The fourth-order valence-electron chi connectivity index (χ4n) is 8.48. The van der Waals surface area contributed by atoms with Crippen LogP contribution < -0.4 is 0 Å². The summed E-state index contributed by atoms with van der Waals surface area (Å²) in [7, 11) is 0. The first kappa shape index (κ1) is 69.3. The molecule has 418 valence electrons. The average Bonchev–Trinajstić information content (AvgIpc) is 3.39. The van der Waals surface area contributed by atoms with Gasteiger partial charge in [-0.15, -0.1) is 0 Å². The van der Waals surface area contributed by atoms with Gasteiger partial charge in [0, 0.05) is 19.3 Å². The largest absolute Gasteiger partial charge is 0.462 e. The smallest absolute Gasteiger partial charge is 0.306 e. The third-order valence-electron chi connectivity index (χ3n) is 13.1. The molecule has 0 fully saturated rings. The van der Waals surface area contributed by atoms with E-state index in [9.17, 15) is 14.4 Å². The van der Waals surface area contributed by atoms with Gasteiger partial charge in [-0.2, -0.15) is 0 Å². The minimum Gasteiger partial charge on any atom is -0.462 e. The molecule has 73 heavy (non-hydrogen) atoms. The van der Waals surface area contributed by atoms with E-state index >= 15 is 0 Å². The number of carbonyl (C=O) groups is 3. The van der Waals surface area contributed by atoms with Gasteiger partial charge in [-0.25, -0.2) is 0 Å². The van der Waals surface area contributed by atoms with Crippen LogP contribution in [0.4, 0.5) is 0 Å². The van der Waals surface area contributed by atoms with Crippen molar-refractivity contribution in [2.75, 3.05) is 13.2 Å². The van der Waals surface area contributed by atoms with E-state index in [4.69, 9.17) is 14.2 Å². The second-order valence-corrected chi connectivity index (χ2v) is 20.2. The predicted octanol–water partition coefficient (Wildman–Crippen LogP) is 20.9. The van der Waals surface area contributed by atoms with Crippen molar-refractivity contribution in [1.29, 1.82) is 0 Å². The molecule has 0 saturated heterocycles. The summed E-state index contributed by atoms with van der Waals surface area (Å²) in [5.74, 6) is -0.899. The molecule has 0 N–H and O–H groups in total. The van der Waals surface area contributed by atoms with Crippen molar-refractivity contribution in [3.8, 4) is 0 Å². The molecule has 0 aliphatic rings. The van der Waals surface area contributed by atoms with E-state index in [0.717, 1.165) is 128 Å². The number of unbranched alkanes of at least 4 members (excludes halogenated alkanes) is 28. The lowest BCUT2D eigenvalue weighted by atomic mass is 10.0. The Hall–Kier alpha value is -3.67. The molecule has 0 spiro atoms. The van der Waals surface area contributed by atoms with E-state index < -0.39 is 6.10 Å². The van der Waals surface area contributed by atoms with E-state index in [2.05, 4.69) is 118 Å². The summed E-state index contributed by atoms with van der Waals surface area (Å²) in [6.07, 6.45) is 81.2. The quantitative estimate of drug-likeness (QED) is 0.0261. The molecule has 0 aromatic heterocycles. The summed E-state index contributed by atoms with van der Waals surface area (Å²) in [4.78, 5) is 38.2. The molecule has 0 aliphatic carbocycles. The highest BCUT2D eigenvalue weighted by Gasteiger charge is 2.19. The van der Waals surface area contributed by atoms with Gasteiger partial charge in [0.25, 0.3) is 0 Å². The van der Waals surface area contributed by atoms with Crippen molar-refractivity contribution in [3.63, 3.8) is 0 Å². The standard InChI is InChI=1S/C67H114O6/c1-4-7-10-13-16-19-22-25-27-29-30-31-32-33-34-35-36-37-38-39-41-42-45-48-51-54-57-60-66(69)72-63-64(62-71-65(68)59-56-53-50-47-44-24-21-18-15-12-9-6-3)73-67(70)61-58-55-52-49-46-43-40-28-26-23-20-17-14-11-8-5-2/h7,10,16,19-20,23,25,27-28,30-31,33-34,36-37,40,64H,4-6,8-9,11-15,17-18,21-22,24,26,29,32,35,38-39,41-63H2,1-3H3/b10-7-,19-16-,23-20-,27-25-,31-30-,34-33-,37-36-,40-28-. The zero-order valence-corrected chi connectivity index (χ0v) is 47.9. The monoisotopic (exact) mass is 1010 g/mol. The Morgan fingerprint density at radius 2 is 0.534 bits per heavy atom. The lowest BCUT2D eigenvalue weighted by Gasteiger charge is -2.18. The SMILES string of the molecule is CC/C=C\C/C=C\C/C=C\C/C=C\C/C=C\C/C=C\CCCCCCCCCCC(=O)OCC(COC(=O)CCCCCCCCCCCCCC)OC(=O)CCCCCCC/C=C\C/C=C\CCCCCC. The number of carbonyl (C=O) groups excluding carboxylic acids is 3. The van der Waals surface area contributed by atoms with Crippen LogP contribution in [-0.4, -0.2) is 37.2 Å². The molecule has 1 atom stereocenters. The van der Waals surface area contributed by atoms with Crippen LogP contribution in [0.5, 0.6) is 0 Å². The molecule has 0 amide bonds. The average molecular weight is 1020 g/mol. The molecule has 1 unspecified atom stereocenters. The van der Waals surface area contributed by atoms with Gasteiger partial charge in [0.05, 0.1) is 0 Å². The van der Waals surface area contributed by atoms with Crippen molar-refractivity contribution >= 4 is 17.9 Å². The maximum Gasteiger partial charge on any atom is 0.306 e. The Morgan fingerprint density at radius 1 is 0.288 bits per heavy atom. The zero-order chi connectivity index (χ0) is 52.9. The van der Waals surface area contributed by atoms with Gasteiger partial charge >= 0.3 is 17.9 Å². The molecule has 0 rings (SSSR count). The maximum absolute atomic E-state index is 12.9. The van der Waals surface area contributed by atoms with Crippen LogP contribution in [0.25, 0.3) is 0 Å². The Kier molecular flexibility index (Phi) is 57.8. The number of rotatable bonds is 55. The molecule has 0 heterocycles. The van der Waals surface area contributed by atoms with Crippen LogP contribution in [0.3, 0.4) is 0 Å². The van der Waals surface area contributed by atoms with Crippen molar-refractivity contribution in [2.24, 2.45) is 0 Å². The second kappa shape index (κ2) is 60.9. The van der Waals surface area contributed by atoms with Crippen LogP contribution in [0, 0.1) is 0 Å². The molecule has 6 nitrogen and oxygen atoms in total. The maximum atomic E-state index is 12.9. The Labute approximate surface area is 451 Å². The van der Waals surface area contributed by atoms with E-state index in [1.807, 2.05) is 0 Å². The molecule has 0 bridgehead atoms. The van der Waals surface area contributed by atoms with Gasteiger partial charge in [-0.1, -0.05) is 266 Å². The summed E-state index contributed by atoms with van der Waals surface area (Å²) in [6, 6.07) is 0. The highest BCUT2D eigenvalue weighted by atomic mass is 16.6. The Bertz CT molecular complexity index is 1440. The number of hydrogen-bond acceptors (Lipinski definition) is 6. The minimum atomic E-state index is -0.788. The first-order chi connectivity index (χ1) is 36.0. The minimum absolute atomic E-state index is 0.0836. The summed E-state index contributed by atoms with van der Waals surface area (Å²) in [5, 5.41) is 0. The molecule has 0 aromatic rings. The van der Waals surface area contributed by atoms with Crippen molar-refractivity contribution in [1.82, 2.24) is 0 Å². The van der Waals surface area contributed by atoms with Gasteiger partial charge in [0.2, 0.25) is 0 Å². The summed E-state index contributed by atoms with van der Waals surface area (Å²) >= 11 is 0. The predicted molar refractivity (Wildman–Crippen MR) is 316 cm³/mol. The summed E-state index contributed by atoms with van der Waals surface area (Å²) in [5.41, 5.74) is 0. The van der Waals surface area contributed by atoms with Gasteiger partial charge in [0.1, 0.15) is 13.2 Å². The summed E-state index contributed by atoms with van der Waals surface area (Å²) in [6.45, 7) is 6.50. The fourth-order valence-corrected chi connectivity index (χ4v) is 8.48. The van der Waals surface area contributed by atoms with Crippen LogP contribution in [0.15, 0.2) is 97.2 Å². The molecule has 0 saturated carbocycles. The van der Waals surface area contributed by atoms with Gasteiger partial charge < -0.3 is 14.2 Å². The Morgan fingerprint density at radius 3 is 0.849 bits per heavy atom. The van der Waals surface area contributed by atoms with Crippen LogP contribution in [0.1, 0.15) is 290 Å². The molecule has 6 heteroatoms. The van der Waals surface area contributed by atoms with Crippen LogP contribution in [0.2, 0.25) is 0 Å². The second-order valence-electron chi connectivity index (χ2n) is 20.2. The lowest BCUT2D eigenvalue weighted by molar-refractivity contribution is -0.167. The number of allylic oxidation sites excluding steroid dienone is 16. The lowest BCUT2D eigenvalue weighted by Crippen LogP contribution is -2.30. The topological polar surface area (TPSA) is 78.9 Å². The third kappa shape index (κ3) is 59.1. The fraction of sp³-hybridized carbons (Fsp3) is 0.716. The van der Waals surface area contributed by atoms with Crippen molar-refractivity contribution in [3.05, 3.63) is 97.2 Å². The third-order valence-corrected chi connectivity index (χ3v) is 13.1. The van der Waals surface area contributed by atoms with Crippen LogP contribution in [-0.2, 0) is 28.6 Å². The van der Waals surface area contributed by atoms with E-state index in [1.165, 1.54) is 122 Å². The van der Waals surface area contributed by atoms with Crippen molar-refractivity contribution in [2.45, 2.75) is 297 Å². The first-order valence-electron chi connectivity index (χ1n) is 30.7. The number of ether oxygens (including phenoxy) is 3. The highest BCUT2D eigenvalue weighted by molar-refractivity contribution is 5.71. The zero-order valence-electron chi connectivity index (χ0n) is 47.9. The van der Waals surface area contributed by atoms with E-state index in [-0.39, 0.29) is 31.1 Å². The molecule has 0 radical (unpaired) electrons. The first-order valence-corrected chi connectivity index (χ1v) is 30.7. The van der Waals surface area contributed by atoms with Crippen molar-refractivity contribution < 1.29 is 28.6 Å². The molecule has 0 aromatic carbocycles. The van der Waals surface area contributed by atoms with Gasteiger partial charge in [-0.05, 0) is 103 Å². The molecular formula is C67H114O6. The van der Waals surface area contributed by atoms with Gasteiger partial charge in [0.15, 0.2) is 6.10 Å². The number of esters is 3.